The summed E-state index contributed by atoms with van der Waals surface area (Å²) in [6.07, 6.45) is 4.98. The second-order valence-corrected chi connectivity index (χ2v) is 4.96. The lowest BCUT2D eigenvalue weighted by Gasteiger charge is -2.15. The van der Waals surface area contributed by atoms with E-state index in [0.717, 1.165) is 35.6 Å². The Morgan fingerprint density at radius 3 is 2.67 bits per heavy atom. The molecule has 106 valence electrons. The Hall–Kier alpha value is -2.55. The van der Waals surface area contributed by atoms with Crippen molar-refractivity contribution in [3.05, 3.63) is 65.2 Å². The van der Waals surface area contributed by atoms with Gasteiger partial charge in [0.25, 0.3) is 0 Å². The molecule has 3 heteroatoms. The number of rotatable bonds is 3. The highest BCUT2D eigenvalue weighted by Crippen LogP contribution is 2.23. The number of aromatic hydroxyl groups is 1. The van der Waals surface area contributed by atoms with E-state index in [-0.39, 0.29) is 5.75 Å². The third-order valence-electron chi connectivity index (χ3n) is 3.58. The van der Waals surface area contributed by atoms with Crippen LogP contribution in [0.5, 0.6) is 11.5 Å². The van der Waals surface area contributed by atoms with E-state index in [9.17, 15) is 5.11 Å². The third-order valence-corrected chi connectivity index (χ3v) is 3.58. The maximum absolute atomic E-state index is 9.29. The molecule has 0 fully saturated rings. The Labute approximate surface area is 124 Å². The number of nitrogens with zero attached hydrogens (tertiary/aromatic N) is 1. The maximum Gasteiger partial charge on any atom is 0.119 e. The average molecular weight is 279 g/mol. The van der Waals surface area contributed by atoms with E-state index < -0.39 is 0 Å². The number of hydrogen-bond acceptors (Lipinski definition) is 3. The highest BCUT2D eigenvalue weighted by Gasteiger charge is 2.12. The molecule has 0 saturated carbocycles. The van der Waals surface area contributed by atoms with Crippen LogP contribution in [0.15, 0.2) is 53.5 Å². The Bertz CT molecular complexity index is 700. The molecule has 0 spiro atoms. The maximum atomic E-state index is 9.29. The van der Waals surface area contributed by atoms with Crippen LogP contribution < -0.4 is 4.74 Å². The summed E-state index contributed by atoms with van der Waals surface area (Å²) in [4.78, 5) is 4.60. The van der Waals surface area contributed by atoms with Gasteiger partial charge in [-0.2, -0.15) is 0 Å². The van der Waals surface area contributed by atoms with E-state index >= 15 is 0 Å². The number of phenols is 1. The number of hydrogen-bond donors (Lipinski definition) is 1. The van der Waals surface area contributed by atoms with Gasteiger partial charge < -0.3 is 9.84 Å². The van der Waals surface area contributed by atoms with Gasteiger partial charge in [-0.15, -0.1) is 0 Å². The molecule has 3 rings (SSSR count). The van der Waals surface area contributed by atoms with E-state index in [1.54, 1.807) is 19.2 Å². The van der Waals surface area contributed by atoms with E-state index in [0.29, 0.717) is 0 Å². The summed E-state index contributed by atoms with van der Waals surface area (Å²) >= 11 is 0. The van der Waals surface area contributed by atoms with Crippen LogP contribution in [0.3, 0.4) is 0 Å². The predicted octanol–water partition coefficient (Wildman–Crippen LogP) is 3.46. The zero-order valence-corrected chi connectivity index (χ0v) is 11.9. The van der Waals surface area contributed by atoms with Gasteiger partial charge >= 0.3 is 0 Å². The molecule has 0 unspecified atom stereocenters. The number of ether oxygens (including phenoxy) is 1. The molecule has 1 heterocycles. The van der Waals surface area contributed by atoms with Crippen LogP contribution in [0, 0.1) is 0 Å². The van der Waals surface area contributed by atoms with Crippen LogP contribution in [-0.4, -0.2) is 24.5 Å². The number of phenolic OH excluding ortho intramolecular Hbond substituents is 1. The first-order chi connectivity index (χ1) is 10.3. The molecule has 0 aliphatic carbocycles. The van der Waals surface area contributed by atoms with Crippen molar-refractivity contribution in [3.8, 4) is 11.5 Å². The minimum absolute atomic E-state index is 0.277. The molecule has 0 aromatic heterocycles. The fourth-order valence-electron chi connectivity index (χ4n) is 2.44. The standard InChI is InChI=1S/C18H17NO2/c1-21-16-7-8-17-14(12-16)10-11-19-18(17)9-4-13-2-5-15(20)6-3-13/h2-9,12,20H,10-11H2,1H3/b9-4+. The van der Waals surface area contributed by atoms with Crippen molar-refractivity contribution in [3.63, 3.8) is 0 Å². The zero-order chi connectivity index (χ0) is 14.7. The van der Waals surface area contributed by atoms with Crippen molar-refractivity contribution >= 4 is 11.8 Å². The summed E-state index contributed by atoms with van der Waals surface area (Å²) in [5.41, 5.74) is 4.47. The SMILES string of the molecule is COc1ccc2c(c1)CCN=C2/C=C/c1ccc(O)cc1. The van der Waals surface area contributed by atoms with Gasteiger partial charge in [-0.3, -0.25) is 4.99 Å². The lowest BCUT2D eigenvalue weighted by molar-refractivity contribution is 0.414. The van der Waals surface area contributed by atoms with Crippen molar-refractivity contribution in [1.29, 1.82) is 0 Å². The molecule has 0 bridgehead atoms. The molecule has 21 heavy (non-hydrogen) atoms. The smallest absolute Gasteiger partial charge is 0.119 e. The largest absolute Gasteiger partial charge is 0.508 e. The van der Waals surface area contributed by atoms with Crippen LogP contribution in [0.2, 0.25) is 0 Å². The summed E-state index contributed by atoms with van der Waals surface area (Å²) in [6.45, 7) is 0.801. The summed E-state index contributed by atoms with van der Waals surface area (Å²) < 4.78 is 5.27. The van der Waals surface area contributed by atoms with Crippen LogP contribution in [0.25, 0.3) is 6.08 Å². The van der Waals surface area contributed by atoms with Crippen LogP contribution >= 0.6 is 0 Å². The van der Waals surface area contributed by atoms with Gasteiger partial charge in [-0.05, 0) is 54.0 Å². The number of fused-ring (bicyclic) bond motifs is 1. The highest BCUT2D eigenvalue weighted by molar-refractivity contribution is 6.12. The Kier molecular flexibility index (Phi) is 3.73. The lowest BCUT2D eigenvalue weighted by Crippen LogP contribution is -2.10. The van der Waals surface area contributed by atoms with Gasteiger partial charge in [0, 0.05) is 12.1 Å². The summed E-state index contributed by atoms with van der Waals surface area (Å²) in [5.74, 6) is 1.16. The molecule has 2 aromatic carbocycles. The fraction of sp³-hybridized carbons (Fsp3) is 0.167. The number of benzene rings is 2. The van der Waals surface area contributed by atoms with Gasteiger partial charge in [0.1, 0.15) is 11.5 Å². The molecule has 0 atom stereocenters. The van der Waals surface area contributed by atoms with Gasteiger partial charge in [-0.25, -0.2) is 0 Å². The fourth-order valence-corrected chi connectivity index (χ4v) is 2.44. The molecular weight excluding hydrogens is 262 g/mol. The molecular formula is C18H17NO2. The first kappa shape index (κ1) is 13.4. The lowest BCUT2D eigenvalue weighted by atomic mass is 9.96. The van der Waals surface area contributed by atoms with Crippen molar-refractivity contribution in [2.24, 2.45) is 4.99 Å². The number of methoxy groups -OCH3 is 1. The number of aliphatic imine (C=N–C) groups is 1. The van der Waals surface area contributed by atoms with Crippen molar-refractivity contribution in [2.75, 3.05) is 13.7 Å². The van der Waals surface area contributed by atoms with E-state index in [1.165, 1.54) is 5.56 Å². The van der Waals surface area contributed by atoms with Gasteiger partial charge in [0.15, 0.2) is 0 Å². The monoisotopic (exact) mass is 279 g/mol. The molecule has 1 aliphatic heterocycles. The second kappa shape index (κ2) is 5.83. The highest BCUT2D eigenvalue weighted by atomic mass is 16.5. The Morgan fingerprint density at radius 1 is 1.10 bits per heavy atom. The number of allylic oxidation sites excluding steroid dienone is 1. The first-order valence-corrected chi connectivity index (χ1v) is 6.95. The zero-order valence-electron chi connectivity index (χ0n) is 11.9. The van der Waals surface area contributed by atoms with Crippen LogP contribution in [-0.2, 0) is 6.42 Å². The Morgan fingerprint density at radius 2 is 1.90 bits per heavy atom. The van der Waals surface area contributed by atoms with E-state index in [1.807, 2.05) is 30.4 Å². The van der Waals surface area contributed by atoms with Crippen molar-refractivity contribution in [2.45, 2.75) is 6.42 Å². The Balaban J connectivity index is 1.87. The third kappa shape index (κ3) is 2.97. The van der Waals surface area contributed by atoms with Gasteiger partial charge in [0.2, 0.25) is 0 Å². The molecule has 1 N–H and O–H groups in total. The minimum atomic E-state index is 0.277. The molecule has 0 radical (unpaired) electrons. The topological polar surface area (TPSA) is 41.8 Å². The van der Waals surface area contributed by atoms with E-state index in [2.05, 4.69) is 17.1 Å². The van der Waals surface area contributed by atoms with Gasteiger partial charge in [0.05, 0.1) is 12.8 Å². The molecule has 2 aromatic rings. The molecule has 1 aliphatic rings. The van der Waals surface area contributed by atoms with Crippen LogP contribution in [0.1, 0.15) is 16.7 Å². The van der Waals surface area contributed by atoms with Crippen LogP contribution in [0.4, 0.5) is 0 Å². The first-order valence-electron chi connectivity index (χ1n) is 6.95. The summed E-state index contributed by atoms with van der Waals surface area (Å²) in [7, 11) is 1.68. The van der Waals surface area contributed by atoms with Crippen molar-refractivity contribution in [1.82, 2.24) is 0 Å². The second-order valence-electron chi connectivity index (χ2n) is 4.96. The molecule has 3 nitrogen and oxygen atoms in total. The van der Waals surface area contributed by atoms with Crippen molar-refractivity contribution < 1.29 is 9.84 Å². The van der Waals surface area contributed by atoms with Gasteiger partial charge in [-0.1, -0.05) is 18.2 Å². The summed E-state index contributed by atoms with van der Waals surface area (Å²) in [5, 5.41) is 9.29. The normalized spacial score (nSPS) is 13.9. The van der Waals surface area contributed by atoms with E-state index in [4.69, 9.17) is 4.74 Å². The predicted molar refractivity (Wildman–Crippen MR) is 85.2 cm³/mol. The quantitative estimate of drug-likeness (QED) is 0.935. The minimum Gasteiger partial charge on any atom is -0.508 e. The molecule has 0 saturated heterocycles. The molecule has 0 amide bonds. The summed E-state index contributed by atoms with van der Waals surface area (Å²) in [6, 6.07) is 13.2. The average Bonchev–Trinajstić information content (AvgIpc) is 2.53.